The molecule has 2 aromatic rings. The highest BCUT2D eigenvalue weighted by atomic mass is 32.1. The van der Waals surface area contributed by atoms with Crippen molar-refractivity contribution in [1.29, 1.82) is 0 Å². The van der Waals surface area contributed by atoms with Crippen molar-refractivity contribution in [2.24, 2.45) is 0 Å². The minimum Gasteiger partial charge on any atom is -0.464 e. The summed E-state index contributed by atoms with van der Waals surface area (Å²) >= 11 is 1.36. The smallest absolute Gasteiger partial charge is 0.358 e. The third-order valence-corrected chi connectivity index (χ3v) is 3.56. The molecular formula is C13H12FNO2S. The lowest BCUT2D eigenvalue weighted by molar-refractivity contribution is 0.0595. The van der Waals surface area contributed by atoms with Crippen molar-refractivity contribution in [2.75, 3.05) is 7.11 Å². The molecule has 1 aromatic heterocycles. The molecule has 0 aliphatic heterocycles. The zero-order valence-electron chi connectivity index (χ0n) is 10.3. The maximum absolute atomic E-state index is 13.3. The molecule has 0 saturated carbocycles. The highest BCUT2D eigenvalue weighted by Gasteiger charge is 2.20. The van der Waals surface area contributed by atoms with Crippen LogP contribution in [0.4, 0.5) is 4.39 Å². The molecule has 0 fully saturated rings. The van der Waals surface area contributed by atoms with E-state index in [4.69, 9.17) is 4.74 Å². The average molecular weight is 265 g/mol. The quantitative estimate of drug-likeness (QED) is 0.782. The van der Waals surface area contributed by atoms with Gasteiger partial charge in [-0.1, -0.05) is 6.07 Å². The summed E-state index contributed by atoms with van der Waals surface area (Å²) in [5.74, 6) is -0.838. The number of halogens is 1. The van der Waals surface area contributed by atoms with Gasteiger partial charge in [-0.05, 0) is 37.1 Å². The molecule has 0 aliphatic rings. The normalized spacial score (nSPS) is 10.4. The summed E-state index contributed by atoms with van der Waals surface area (Å²) in [6.45, 7) is 3.67. The van der Waals surface area contributed by atoms with Crippen molar-refractivity contribution in [3.05, 3.63) is 40.3 Å². The van der Waals surface area contributed by atoms with Gasteiger partial charge in [0.25, 0.3) is 0 Å². The Kier molecular flexibility index (Phi) is 3.43. The average Bonchev–Trinajstić information content (AvgIpc) is 2.73. The fourth-order valence-electron chi connectivity index (χ4n) is 1.68. The van der Waals surface area contributed by atoms with Gasteiger partial charge in [-0.15, -0.1) is 11.3 Å². The van der Waals surface area contributed by atoms with E-state index in [0.717, 1.165) is 10.6 Å². The number of rotatable bonds is 2. The number of thiazole rings is 1. The standard InChI is InChI=1S/C13H12FNO2S/c1-7-4-5-9(14)6-10(7)12-11(13(16)17-3)15-8(2)18-12/h4-6H,1-3H3. The highest BCUT2D eigenvalue weighted by Crippen LogP contribution is 2.33. The van der Waals surface area contributed by atoms with Crippen LogP contribution in [0.25, 0.3) is 10.4 Å². The molecule has 18 heavy (non-hydrogen) atoms. The number of nitrogens with zero attached hydrogens (tertiary/aromatic N) is 1. The number of hydrogen-bond donors (Lipinski definition) is 0. The van der Waals surface area contributed by atoms with Crippen molar-refractivity contribution in [3.63, 3.8) is 0 Å². The zero-order chi connectivity index (χ0) is 13.3. The number of methoxy groups -OCH3 is 1. The fourth-order valence-corrected chi connectivity index (χ4v) is 2.67. The molecular weight excluding hydrogens is 253 g/mol. The fraction of sp³-hybridized carbons (Fsp3) is 0.231. The Balaban J connectivity index is 2.63. The van der Waals surface area contributed by atoms with Crippen LogP contribution in [0.5, 0.6) is 0 Å². The summed E-state index contributed by atoms with van der Waals surface area (Å²) in [5, 5.41) is 0.745. The van der Waals surface area contributed by atoms with Crippen LogP contribution >= 0.6 is 11.3 Å². The van der Waals surface area contributed by atoms with Crippen molar-refractivity contribution < 1.29 is 13.9 Å². The van der Waals surface area contributed by atoms with Crippen molar-refractivity contribution in [2.45, 2.75) is 13.8 Å². The van der Waals surface area contributed by atoms with Gasteiger partial charge in [0.2, 0.25) is 0 Å². The molecule has 0 unspecified atom stereocenters. The van der Waals surface area contributed by atoms with E-state index in [1.54, 1.807) is 13.0 Å². The SMILES string of the molecule is COC(=O)c1nc(C)sc1-c1cc(F)ccc1C. The molecule has 0 radical (unpaired) electrons. The molecule has 0 N–H and O–H groups in total. The first-order chi connectivity index (χ1) is 8.52. The molecule has 5 heteroatoms. The summed E-state index contributed by atoms with van der Waals surface area (Å²) < 4.78 is 18.0. The highest BCUT2D eigenvalue weighted by molar-refractivity contribution is 7.15. The molecule has 1 aromatic carbocycles. The second-order valence-corrected chi connectivity index (χ2v) is 5.06. The van der Waals surface area contributed by atoms with Gasteiger partial charge in [-0.2, -0.15) is 0 Å². The van der Waals surface area contributed by atoms with Crippen molar-refractivity contribution >= 4 is 17.3 Å². The lowest BCUT2D eigenvalue weighted by Crippen LogP contribution is -2.03. The lowest BCUT2D eigenvalue weighted by Gasteiger charge is -2.05. The number of esters is 1. The Bertz CT molecular complexity index is 607. The minimum absolute atomic E-state index is 0.244. The van der Waals surface area contributed by atoms with Crippen LogP contribution < -0.4 is 0 Å². The first kappa shape index (κ1) is 12.7. The topological polar surface area (TPSA) is 39.2 Å². The number of carbonyl (C=O) groups is 1. The summed E-state index contributed by atoms with van der Waals surface area (Å²) in [4.78, 5) is 16.4. The molecule has 0 atom stereocenters. The van der Waals surface area contributed by atoms with Crippen molar-refractivity contribution in [3.8, 4) is 10.4 Å². The Hall–Kier alpha value is -1.75. The molecule has 0 spiro atoms. The summed E-state index contributed by atoms with van der Waals surface area (Å²) in [5.41, 5.74) is 1.82. The first-order valence-electron chi connectivity index (χ1n) is 5.35. The van der Waals surface area contributed by atoms with Crippen molar-refractivity contribution in [1.82, 2.24) is 4.98 Å². The zero-order valence-corrected chi connectivity index (χ0v) is 11.1. The number of hydrogen-bond acceptors (Lipinski definition) is 4. The molecule has 2 rings (SSSR count). The number of ether oxygens (including phenoxy) is 1. The molecule has 3 nitrogen and oxygen atoms in total. The predicted molar refractivity (Wildman–Crippen MR) is 68.3 cm³/mol. The summed E-state index contributed by atoms with van der Waals surface area (Å²) in [7, 11) is 1.30. The third kappa shape index (κ3) is 2.26. The number of benzene rings is 1. The van der Waals surface area contributed by atoms with Crippen LogP contribution in [0.15, 0.2) is 18.2 Å². The predicted octanol–water partition coefficient (Wildman–Crippen LogP) is 3.35. The Morgan fingerprint density at radius 2 is 2.11 bits per heavy atom. The third-order valence-electron chi connectivity index (χ3n) is 2.56. The van der Waals surface area contributed by atoms with E-state index in [-0.39, 0.29) is 11.5 Å². The van der Waals surface area contributed by atoms with Gasteiger partial charge in [0.1, 0.15) is 5.82 Å². The number of aryl methyl sites for hydroxylation is 2. The molecule has 0 amide bonds. The maximum atomic E-state index is 13.3. The van der Waals surface area contributed by atoms with E-state index < -0.39 is 5.97 Å². The van der Waals surface area contributed by atoms with Gasteiger partial charge in [0.15, 0.2) is 5.69 Å². The Labute approximate surface area is 108 Å². The van der Waals surface area contributed by atoms with Gasteiger partial charge in [-0.25, -0.2) is 14.2 Å². The number of carbonyl (C=O) groups excluding carboxylic acids is 1. The number of aromatic nitrogens is 1. The van der Waals surface area contributed by atoms with E-state index in [2.05, 4.69) is 4.98 Å². The molecule has 94 valence electrons. The van der Waals surface area contributed by atoms with Crippen LogP contribution in [0, 0.1) is 19.7 Å². The molecule has 0 bridgehead atoms. The van der Waals surface area contributed by atoms with Crippen LogP contribution in [-0.4, -0.2) is 18.1 Å². The van der Waals surface area contributed by atoms with E-state index in [1.807, 2.05) is 6.92 Å². The second kappa shape index (κ2) is 4.86. The largest absolute Gasteiger partial charge is 0.464 e. The van der Waals surface area contributed by atoms with Gasteiger partial charge in [0, 0.05) is 0 Å². The molecule has 0 saturated heterocycles. The van der Waals surface area contributed by atoms with E-state index in [0.29, 0.717) is 10.4 Å². The maximum Gasteiger partial charge on any atom is 0.358 e. The van der Waals surface area contributed by atoms with Gasteiger partial charge in [0.05, 0.1) is 17.0 Å². The minimum atomic E-state index is -0.502. The summed E-state index contributed by atoms with van der Waals surface area (Å²) in [6, 6.07) is 4.49. The van der Waals surface area contributed by atoms with Crippen LogP contribution in [0.3, 0.4) is 0 Å². The van der Waals surface area contributed by atoms with E-state index in [1.165, 1.54) is 30.6 Å². The Morgan fingerprint density at radius 1 is 1.39 bits per heavy atom. The Morgan fingerprint density at radius 3 is 2.78 bits per heavy atom. The monoisotopic (exact) mass is 265 g/mol. The lowest BCUT2D eigenvalue weighted by atomic mass is 10.1. The van der Waals surface area contributed by atoms with Crippen LogP contribution in [-0.2, 0) is 4.74 Å². The second-order valence-electron chi connectivity index (χ2n) is 3.86. The van der Waals surface area contributed by atoms with Crippen LogP contribution in [0.1, 0.15) is 21.1 Å². The molecule has 1 heterocycles. The summed E-state index contributed by atoms with van der Waals surface area (Å²) in [6.07, 6.45) is 0. The van der Waals surface area contributed by atoms with E-state index >= 15 is 0 Å². The van der Waals surface area contributed by atoms with Gasteiger partial charge >= 0.3 is 5.97 Å². The van der Waals surface area contributed by atoms with Crippen LogP contribution in [0.2, 0.25) is 0 Å². The van der Waals surface area contributed by atoms with Gasteiger partial charge in [-0.3, -0.25) is 0 Å². The molecule has 0 aliphatic carbocycles. The van der Waals surface area contributed by atoms with Gasteiger partial charge < -0.3 is 4.74 Å². The first-order valence-corrected chi connectivity index (χ1v) is 6.17. The van der Waals surface area contributed by atoms with E-state index in [9.17, 15) is 9.18 Å².